The maximum Gasteiger partial charge on any atom is 0.409 e. The number of piperazine rings is 1. The van der Waals surface area contributed by atoms with Crippen LogP contribution >= 0.6 is 0 Å². The first-order valence-electron chi connectivity index (χ1n) is 8.14. The Morgan fingerprint density at radius 1 is 1.13 bits per heavy atom. The van der Waals surface area contributed by atoms with E-state index in [1.54, 1.807) is 30.8 Å². The molecule has 0 aromatic carbocycles. The van der Waals surface area contributed by atoms with Gasteiger partial charge in [0.2, 0.25) is 5.91 Å². The van der Waals surface area contributed by atoms with Gasteiger partial charge in [-0.25, -0.2) is 4.79 Å². The number of nitrogens with zero attached hydrogens (tertiary/aromatic N) is 4. The van der Waals surface area contributed by atoms with E-state index in [1.807, 2.05) is 6.92 Å². The minimum atomic E-state index is -0.259. The molecule has 8 nitrogen and oxygen atoms in total. The number of rotatable bonds is 5. The Labute approximate surface area is 138 Å². The number of ether oxygens (including phenoxy) is 1. The molecule has 0 radical (unpaired) electrons. The molecule has 0 aromatic heterocycles. The van der Waals surface area contributed by atoms with E-state index in [0.717, 1.165) is 12.5 Å². The third-order valence-electron chi connectivity index (χ3n) is 3.53. The Kier molecular flexibility index (Phi) is 8.21. The van der Waals surface area contributed by atoms with Gasteiger partial charge in [0.25, 0.3) is 0 Å². The molecule has 0 aromatic rings. The van der Waals surface area contributed by atoms with E-state index in [-0.39, 0.29) is 12.0 Å². The first-order chi connectivity index (χ1) is 11.0. The smallest absolute Gasteiger partial charge is 0.409 e. The van der Waals surface area contributed by atoms with Crippen molar-refractivity contribution >= 4 is 18.0 Å². The fourth-order valence-electron chi connectivity index (χ4n) is 2.22. The standard InChI is InChI=1S/C15H29N5O3/c1-5-16-14(17-8-7-13(21)18(3)4)19-9-11-20(12-10-19)15(22)23-6-2/h5-12H2,1-4H3,(H,16,17). The third kappa shape index (κ3) is 6.33. The summed E-state index contributed by atoms with van der Waals surface area (Å²) in [5.41, 5.74) is 0. The lowest BCUT2D eigenvalue weighted by Crippen LogP contribution is -2.54. The number of nitrogens with one attached hydrogen (secondary N) is 1. The Bertz CT molecular complexity index is 417. The van der Waals surface area contributed by atoms with Crippen molar-refractivity contribution in [2.75, 3.05) is 60.0 Å². The summed E-state index contributed by atoms with van der Waals surface area (Å²) in [6, 6.07) is 0. The molecule has 1 saturated heterocycles. The second kappa shape index (κ2) is 9.91. The Morgan fingerprint density at radius 2 is 1.74 bits per heavy atom. The lowest BCUT2D eigenvalue weighted by Gasteiger charge is -2.35. The van der Waals surface area contributed by atoms with Crippen molar-refractivity contribution in [3.63, 3.8) is 0 Å². The lowest BCUT2D eigenvalue weighted by atomic mass is 10.3. The average molecular weight is 327 g/mol. The summed E-state index contributed by atoms with van der Waals surface area (Å²) in [7, 11) is 3.48. The highest BCUT2D eigenvalue weighted by atomic mass is 16.6. The van der Waals surface area contributed by atoms with Gasteiger partial charge in [-0.3, -0.25) is 9.79 Å². The van der Waals surface area contributed by atoms with Crippen molar-refractivity contribution in [3.8, 4) is 0 Å². The average Bonchev–Trinajstić information content (AvgIpc) is 2.54. The zero-order valence-corrected chi connectivity index (χ0v) is 14.7. The highest BCUT2D eigenvalue weighted by Gasteiger charge is 2.23. The molecule has 1 heterocycles. The van der Waals surface area contributed by atoms with E-state index in [2.05, 4.69) is 15.2 Å². The topological polar surface area (TPSA) is 77.5 Å². The fourth-order valence-corrected chi connectivity index (χ4v) is 2.22. The molecule has 8 heteroatoms. The van der Waals surface area contributed by atoms with Gasteiger partial charge in [0.15, 0.2) is 5.96 Å². The molecule has 1 N–H and O–H groups in total. The summed E-state index contributed by atoms with van der Waals surface area (Å²) in [6.07, 6.45) is 0.135. The summed E-state index contributed by atoms with van der Waals surface area (Å²) >= 11 is 0. The van der Waals surface area contributed by atoms with E-state index in [9.17, 15) is 9.59 Å². The van der Waals surface area contributed by atoms with Crippen LogP contribution in [0.2, 0.25) is 0 Å². The van der Waals surface area contributed by atoms with Gasteiger partial charge in [0.05, 0.1) is 13.2 Å². The Hall–Kier alpha value is -1.99. The SMILES string of the molecule is CCNC(=NCCC(=O)N(C)C)N1CCN(C(=O)OCC)CC1. The molecule has 23 heavy (non-hydrogen) atoms. The van der Waals surface area contributed by atoms with Crippen LogP contribution in [0.4, 0.5) is 4.79 Å². The molecule has 0 atom stereocenters. The van der Waals surface area contributed by atoms with Crippen LogP contribution < -0.4 is 5.32 Å². The van der Waals surface area contributed by atoms with Crippen molar-refractivity contribution in [3.05, 3.63) is 0 Å². The number of amides is 2. The monoisotopic (exact) mass is 327 g/mol. The molecule has 0 saturated carbocycles. The van der Waals surface area contributed by atoms with Gasteiger partial charge < -0.3 is 24.8 Å². The Balaban J connectivity index is 2.52. The summed E-state index contributed by atoms with van der Waals surface area (Å²) in [5, 5.41) is 3.24. The summed E-state index contributed by atoms with van der Waals surface area (Å²) in [4.78, 5) is 33.2. The van der Waals surface area contributed by atoms with Gasteiger partial charge >= 0.3 is 6.09 Å². The van der Waals surface area contributed by atoms with Gasteiger partial charge in [0, 0.05) is 53.2 Å². The number of carbonyl (C=O) groups is 2. The summed E-state index contributed by atoms with van der Waals surface area (Å²) in [6.45, 7) is 8.05. The number of hydrogen-bond donors (Lipinski definition) is 1. The largest absolute Gasteiger partial charge is 0.450 e. The predicted molar refractivity (Wildman–Crippen MR) is 89.5 cm³/mol. The van der Waals surface area contributed by atoms with Crippen LogP contribution in [0.1, 0.15) is 20.3 Å². The maximum atomic E-state index is 11.7. The third-order valence-corrected chi connectivity index (χ3v) is 3.53. The van der Waals surface area contributed by atoms with E-state index < -0.39 is 0 Å². The number of hydrogen-bond acceptors (Lipinski definition) is 4. The van der Waals surface area contributed by atoms with Crippen molar-refractivity contribution in [1.82, 2.24) is 20.0 Å². The molecule has 0 bridgehead atoms. The zero-order valence-electron chi connectivity index (χ0n) is 14.7. The van der Waals surface area contributed by atoms with Crippen LogP contribution in [0.5, 0.6) is 0 Å². The van der Waals surface area contributed by atoms with E-state index in [1.165, 1.54) is 0 Å². The van der Waals surface area contributed by atoms with Gasteiger partial charge in [0.1, 0.15) is 0 Å². The van der Waals surface area contributed by atoms with Crippen LogP contribution in [0, 0.1) is 0 Å². The molecule has 2 amide bonds. The van der Waals surface area contributed by atoms with Crippen LogP contribution in [-0.2, 0) is 9.53 Å². The molecule has 132 valence electrons. The van der Waals surface area contributed by atoms with Crippen LogP contribution in [-0.4, -0.2) is 92.6 Å². The van der Waals surface area contributed by atoms with Gasteiger partial charge in [-0.1, -0.05) is 0 Å². The van der Waals surface area contributed by atoms with Crippen LogP contribution in [0.3, 0.4) is 0 Å². The van der Waals surface area contributed by atoms with Crippen molar-refractivity contribution in [2.45, 2.75) is 20.3 Å². The van der Waals surface area contributed by atoms with E-state index >= 15 is 0 Å². The molecule has 0 unspecified atom stereocenters. The van der Waals surface area contributed by atoms with E-state index in [4.69, 9.17) is 4.74 Å². The first kappa shape index (κ1) is 19.1. The molecule has 0 spiro atoms. The highest BCUT2D eigenvalue weighted by Crippen LogP contribution is 2.04. The lowest BCUT2D eigenvalue weighted by molar-refractivity contribution is -0.128. The normalized spacial score (nSPS) is 15.4. The van der Waals surface area contributed by atoms with Crippen molar-refractivity contribution in [1.29, 1.82) is 0 Å². The maximum absolute atomic E-state index is 11.7. The minimum Gasteiger partial charge on any atom is -0.450 e. The molecule has 1 fully saturated rings. The van der Waals surface area contributed by atoms with Crippen LogP contribution in [0.15, 0.2) is 4.99 Å². The van der Waals surface area contributed by atoms with Gasteiger partial charge in [-0.15, -0.1) is 0 Å². The minimum absolute atomic E-state index is 0.0664. The summed E-state index contributed by atoms with van der Waals surface area (Å²) in [5.74, 6) is 0.860. The number of carbonyl (C=O) groups excluding carboxylic acids is 2. The first-order valence-corrected chi connectivity index (χ1v) is 8.14. The van der Waals surface area contributed by atoms with Gasteiger partial charge in [-0.05, 0) is 13.8 Å². The fraction of sp³-hybridized carbons (Fsp3) is 0.800. The Morgan fingerprint density at radius 3 is 2.26 bits per heavy atom. The quantitative estimate of drug-likeness (QED) is 0.577. The van der Waals surface area contributed by atoms with Gasteiger partial charge in [-0.2, -0.15) is 0 Å². The zero-order chi connectivity index (χ0) is 17.2. The van der Waals surface area contributed by atoms with Crippen molar-refractivity contribution < 1.29 is 14.3 Å². The van der Waals surface area contributed by atoms with Crippen LogP contribution in [0.25, 0.3) is 0 Å². The molecule has 0 aliphatic carbocycles. The second-order valence-electron chi connectivity index (χ2n) is 5.45. The van der Waals surface area contributed by atoms with E-state index in [0.29, 0.717) is 45.8 Å². The molecule has 1 rings (SSSR count). The summed E-state index contributed by atoms with van der Waals surface area (Å²) < 4.78 is 5.02. The highest BCUT2D eigenvalue weighted by molar-refractivity contribution is 5.81. The molecular weight excluding hydrogens is 298 g/mol. The molecule has 1 aliphatic heterocycles. The molecular formula is C15H29N5O3. The number of guanidine groups is 1. The predicted octanol–water partition coefficient (Wildman–Crippen LogP) is 0.204. The molecule has 1 aliphatic rings. The number of aliphatic imine (C=N–C) groups is 1. The van der Waals surface area contributed by atoms with Crippen molar-refractivity contribution in [2.24, 2.45) is 4.99 Å². The second-order valence-corrected chi connectivity index (χ2v) is 5.45.